The molecule has 0 aliphatic carbocycles. The molecule has 1 saturated heterocycles. The molecule has 0 radical (unpaired) electrons. The van der Waals surface area contributed by atoms with Gasteiger partial charge in [-0.25, -0.2) is 5.01 Å². The number of anilines is 1. The van der Waals surface area contributed by atoms with Crippen LogP contribution in [0.5, 0.6) is 28.7 Å². The molecule has 1 unspecified atom stereocenters. The molecule has 11 nitrogen and oxygen atoms in total. The minimum Gasteiger partial charge on any atom is -0.503 e. The molecule has 3 aromatic rings. The van der Waals surface area contributed by atoms with E-state index < -0.39 is 17.2 Å². The topological polar surface area (TPSA) is 136 Å². The largest absolute Gasteiger partial charge is 0.503 e. The van der Waals surface area contributed by atoms with Crippen LogP contribution in [0.25, 0.3) is 0 Å². The molecule has 0 saturated carbocycles. The van der Waals surface area contributed by atoms with E-state index >= 15 is 0 Å². The fourth-order valence-electron chi connectivity index (χ4n) is 3.98. The molecule has 1 heterocycles. The number of nitrogens with zero attached hydrogens (tertiary/aromatic N) is 1. The van der Waals surface area contributed by atoms with E-state index in [9.17, 15) is 19.5 Å². The quantitative estimate of drug-likeness (QED) is 0.315. The van der Waals surface area contributed by atoms with Gasteiger partial charge in [-0.1, -0.05) is 0 Å². The van der Waals surface area contributed by atoms with Crippen molar-refractivity contribution in [3.8, 4) is 28.7 Å². The van der Waals surface area contributed by atoms with Gasteiger partial charge in [0.15, 0.2) is 23.0 Å². The third-order valence-corrected chi connectivity index (χ3v) is 7.79. The molecule has 4 rings (SSSR count). The number of benzene rings is 3. The summed E-state index contributed by atoms with van der Waals surface area (Å²) in [5, 5.41) is 13.6. The van der Waals surface area contributed by atoms with Crippen molar-refractivity contribution in [1.82, 2.24) is 10.4 Å². The zero-order valence-corrected chi connectivity index (χ0v) is 24.3. The number of thioether (sulfide) groups is 1. The van der Waals surface area contributed by atoms with E-state index in [0.29, 0.717) is 33.0 Å². The Bertz CT molecular complexity index is 1430. The molecule has 1 aliphatic heterocycles. The molecule has 3 amide bonds. The van der Waals surface area contributed by atoms with Crippen LogP contribution < -0.4 is 29.7 Å². The zero-order chi connectivity index (χ0) is 29.0. The van der Waals surface area contributed by atoms with Crippen LogP contribution in [-0.2, 0) is 4.79 Å². The van der Waals surface area contributed by atoms with Gasteiger partial charge < -0.3 is 29.4 Å². The van der Waals surface area contributed by atoms with Gasteiger partial charge in [-0.05, 0) is 70.0 Å². The third-order valence-electron chi connectivity index (χ3n) is 5.98. The number of hydrazine groups is 1. The minimum atomic E-state index is -0.528. The maximum absolute atomic E-state index is 13.0. The molecule has 40 heavy (non-hydrogen) atoms. The number of hydrogen-bond donors (Lipinski definition) is 3. The standard InChI is InChI=1S/C27H26BrN3O8S/c1-36-19-12-16(9-18(28)23(19)33)27-31(22(32)13-40-27)30-26(35)14-5-7-17(8-6-14)29-25(34)15-10-20(37-2)24(39-4)21(11-15)38-3/h5-12,27,33H,13H2,1-4H3,(H,29,34)(H,30,35). The molecule has 0 bridgehead atoms. The summed E-state index contributed by atoms with van der Waals surface area (Å²) < 4.78 is 21.5. The van der Waals surface area contributed by atoms with Gasteiger partial charge in [0.2, 0.25) is 5.75 Å². The van der Waals surface area contributed by atoms with E-state index in [-0.39, 0.29) is 34.3 Å². The van der Waals surface area contributed by atoms with E-state index in [1.54, 1.807) is 24.3 Å². The van der Waals surface area contributed by atoms with Crippen molar-refractivity contribution in [1.29, 1.82) is 0 Å². The lowest BCUT2D eigenvalue weighted by atomic mass is 10.1. The van der Waals surface area contributed by atoms with Crippen molar-refractivity contribution in [2.45, 2.75) is 5.37 Å². The molecule has 0 aromatic heterocycles. The smallest absolute Gasteiger partial charge is 0.269 e. The average Bonchev–Trinajstić information content (AvgIpc) is 3.33. The maximum atomic E-state index is 13.0. The fraction of sp³-hybridized carbons (Fsp3) is 0.222. The zero-order valence-electron chi connectivity index (χ0n) is 21.9. The molecular formula is C27H26BrN3O8S. The van der Waals surface area contributed by atoms with Crippen LogP contribution in [0.3, 0.4) is 0 Å². The summed E-state index contributed by atoms with van der Waals surface area (Å²) in [6.45, 7) is 0. The number of phenols is 1. The van der Waals surface area contributed by atoms with Gasteiger partial charge in [0.1, 0.15) is 5.37 Å². The predicted octanol–water partition coefficient (Wildman–Crippen LogP) is 4.36. The summed E-state index contributed by atoms with van der Waals surface area (Å²) in [4.78, 5) is 38.5. The highest BCUT2D eigenvalue weighted by molar-refractivity contribution is 9.10. The molecule has 1 atom stereocenters. The van der Waals surface area contributed by atoms with Crippen LogP contribution in [0.15, 0.2) is 53.0 Å². The Hall–Kier alpha value is -4.10. The Morgan fingerprint density at radius 1 is 0.900 bits per heavy atom. The number of rotatable bonds is 9. The monoisotopic (exact) mass is 631 g/mol. The summed E-state index contributed by atoms with van der Waals surface area (Å²) in [5.74, 6) is 0.176. The van der Waals surface area contributed by atoms with Crippen molar-refractivity contribution >= 4 is 51.1 Å². The van der Waals surface area contributed by atoms with Crippen LogP contribution in [0.4, 0.5) is 5.69 Å². The van der Waals surface area contributed by atoms with Crippen molar-refractivity contribution in [2.75, 3.05) is 39.5 Å². The number of carbonyl (C=O) groups is 3. The van der Waals surface area contributed by atoms with Gasteiger partial charge in [0, 0.05) is 16.8 Å². The lowest BCUT2D eigenvalue weighted by molar-refractivity contribution is -0.130. The van der Waals surface area contributed by atoms with Crippen LogP contribution in [-0.4, -0.2) is 62.0 Å². The number of ether oxygens (including phenoxy) is 4. The van der Waals surface area contributed by atoms with Crippen molar-refractivity contribution in [3.05, 3.63) is 69.7 Å². The van der Waals surface area contributed by atoms with E-state index in [4.69, 9.17) is 18.9 Å². The Balaban J connectivity index is 1.47. The number of hydrogen-bond acceptors (Lipinski definition) is 9. The van der Waals surface area contributed by atoms with Gasteiger partial charge in [-0.3, -0.25) is 19.8 Å². The predicted molar refractivity (Wildman–Crippen MR) is 152 cm³/mol. The summed E-state index contributed by atoms with van der Waals surface area (Å²) in [6, 6.07) is 12.5. The Kier molecular flexibility index (Phi) is 8.95. The third kappa shape index (κ3) is 5.89. The first kappa shape index (κ1) is 28.9. The van der Waals surface area contributed by atoms with E-state index in [1.807, 2.05) is 0 Å². The molecule has 3 aromatic carbocycles. The summed E-state index contributed by atoms with van der Waals surface area (Å²) in [6.07, 6.45) is 0. The van der Waals surface area contributed by atoms with Crippen molar-refractivity contribution in [3.63, 3.8) is 0 Å². The second kappa shape index (κ2) is 12.4. The normalized spacial score (nSPS) is 14.5. The van der Waals surface area contributed by atoms with Gasteiger partial charge >= 0.3 is 0 Å². The van der Waals surface area contributed by atoms with Crippen LogP contribution in [0, 0.1) is 0 Å². The number of aromatic hydroxyl groups is 1. The second-order valence-corrected chi connectivity index (χ2v) is 10.3. The molecular weight excluding hydrogens is 606 g/mol. The van der Waals surface area contributed by atoms with E-state index in [0.717, 1.165) is 0 Å². The van der Waals surface area contributed by atoms with Gasteiger partial charge in [-0.2, -0.15) is 0 Å². The van der Waals surface area contributed by atoms with Crippen molar-refractivity contribution < 1.29 is 38.4 Å². The highest BCUT2D eigenvalue weighted by Crippen LogP contribution is 2.43. The Morgan fingerprint density at radius 2 is 1.52 bits per heavy atom. The Labute approximate surface area is 242 Å². The summed E-state index contributed by atoms with van der Waals surface area (Å²) in [7, 11) is 5.81. The number of phenolic OH excluding ortho intramolecular Hbond substituents is 1. The van der Waals surface area contributed by atoms with E-state index in [2.05, 4.69) is 26.7 Å². The second-order valence-electron chi connectivity index (χ2n) is 8.37. The molecule has 1 aliphatic rings. The highest BCUT2D eigenvalue weighted by atomic mass is 79.9. The molecule has 210 valence electrons. The molecule has 1 fully saturated rings. The number of carbonyl (C=O) groups excluding carboxylic acids is 3. The first-order valence-electron chi connectivity index (χ1n) is 11.7. The van der Waals surface area contributed by atoms with Crippen molar-refractivity contribution in [2.24, 2.45) is 0 Å². The summed E-state index contributed by atoms with van der Waals surface area (Å²) >= 11 is 4.62. The number of methoxy groups -OCH3 is 4. The maximum Gasteiger partial charge on any atom is 0.269 e. The minimum absolute atomic E-state index is 0.0615. The van der Waals surface area contributed by atoms with Crippen LogP contribution in [0.2, 0.25) is 0 Å². The number of amides is 3. The molecule has 3 N–H and O–H groups in total. The number of nitrogens with one attached hydrogen (secondary N) is 2. The van der Waals surface area contributed by atoms with Crippen LogP contribution in [0.1, 0.15) is 31.7 Å². The lowest BCUT2D eigenvalue weighted by Crippen LogP contribution is -2.44. The highest BCUT2D eigenvalue weighted by Gasteiger charge is 2.35. The van der Waals surface area contributed by atoms with Gasteiger partial charge in [0.25, 0.3) is 17.7 Å². The SMILES string of the molecule is COc1cc(C2SCC(=O)N2NC(=O)c2ccc(NC(=O)c3cc(OC)c(OC)c(OC)c3)cc2)cc(Br)c1O. The Morgan fingerprint density at radius 3 is 2.10 bits per heavy atom. The summed E-state index contributed by atoms with van der Waals surface area (Å²) in [5.41, 5.74) is 4.33. The molecule has 0 spiro atoms. The average molecular weight is 632 g/mol. The molecule has 13 heteroatoms. The number of halogens is 1. The first-order valence-corrected chi connectivity index (χ1v) is 13.6. The first-order chi connectivity index (χ1) is 19.2. The lowest BCUT2D eigenvalue weighted by Gasteiger charge is -2.25. The fourth-order valence-corrected chi connectivity index (χ4v) is 5.52. The van der Waals surface area contributed by atoms with Gasteiger partial charge in [-0.15, -0.1) is 11.8 Å². The van der Waals surface area contributed by atoms with E-state index in [1.165, 1.54) is 69.5 Å². The van der Waals surface area contributed by atoms with Gasteiger partial charge in [0.05, 0.1) is 38.7 Å². The van der Waals surface area contributed by atoms with Crippen LogP contribution >= 0.6 is 27.7 Å².